The summed E-state index contributed by atoms with van der Waals surface area (Å²) < 4.78 is 24.4. The molecule has 368 valence electrons. The lowest BCUT2D eigenvalue weighted by Crippen LogP contribution is -2.29. The molecular weight excluding hydrogens is 947 g/mol. The number of amides is 6. The maximum atomic E-state index is 13.8. The van der Waals surface area contributed by atoms with E-state index < -0.39 is 29.0 Å². The van der Waals surface area contributed by atoms with Crippen molar-refractivity contribution in [1.29, 1.82) is 0 Å². The maximum absolute atomic E-state index is 13.8. The number of carbonyl (C=O) groups is 6. The molecule has 0 bridgehead atoms. The molecule has 13 heteroatoms. The van der Waals surface area contributed by atoms with Crippen LogP contribution in [0.4, 0.5) is 11.4 Å². The molecule has 3 aliphatic rings. The van der Waals surface area contributed by atoms with E-state index in [-0.39, 0.29) is 33.9 Å². The fourth-order valence-electron chi connectivity index (χ4n) is 9.35. The number of hydrogen-bond acceptors (Lipinski definition) is 10. The van der Waals surface area contributed by atoms with Crippen LogP contribution in [-0.4, -0.2) is 35.4 Å². The van der Waals surface area contributed by atoms with Crippen LogP contribution < -0.4 is 34.1 Å². The summed E-state index contributed by atoms with van der Waals surface area (Å²) in [4.78, 5) is 77.7. The summed E-state index contributed by atoms with van der Waals surface area (Å²) in [5.41, 5.74) is 5.46. The minimum absolute atomic E-state index is 0.240. The van der Waals surface area contributed by atoms with Crippen molar-refractivity contribution in [3.63, 3.8) is 0 Å². The second kappa shape index (κ2) is 18.6. The molecule has 8 aromatic rings. The van der Waals surface area contributed by atoms with Crippen LogP contribution in [0, 0.1) is 0 Å². The predicted molar refractivity (Wildman–Crippen MR) is 281 cm³/mol. The number of hydrogen-bond donors (Lipinski definition) is 1. The number of rotatable bonds is 14. The van der Waals surface area contributed by atoms with Crippen molar-refractivity contribution in [3.05, 3.63) is 239 Å². The van der Waals surface area contributed by atoms with Crippen molar-refractivity contribution in [3.8, 4) is 46.0 Å². The van der Waals surface area contributed by atoms with Gasteiger partial charge in [-0.25, -0.2) is 9.80 Å². The number of nitrogens with one attached hydrogen (secondary N) is 1. The highest BCUT2D eigenvalue weighted by atomic mass is 16.5. The van der Waals surface area contributed by atoms with E-state index in [1.165, 1.54) is 12.2 Å². The van der Waals surface area contributed by atoms with Gasteiger partial charge in [-0.15, -0.1) is 0 Å². The van der Waals surface area contributed by atoms with E-state index in [9.17, 15) is 28.8 Å². The average Bonchev–Trinajstić information content (AvgIpc) is 4.00. The largest absolute Gasteiger partial charge is 0.457 e. The van der Waals surface area contributed by atoms with E-state index in [2.05, 4.69) is 33.0 Å². The second-order valence-corrected chi connectivity index (χ2v) is 19.2. The maximum Gasteiger partial charge on any atom is 0.266 e. The van der Waals surface area contributed by atoms with Crippen LogP contribution >= 0.6 is 0 Å². The Bertz CT molecular complexity index is 3640. The topological polar surface area (TPSA) is 158 Å². The molecule has 0 saturated heterocycles. The molecule has 13 nitrogen and oxygen atoms in total. The number of carbonyl (C=O) groups excluding carboxylic acids is 6. The Labute approximate surface area is 431 Å². The van der Waals surface area contributed by atoms with Crippen LogP contribution in [0.5, 0.6) is 46.0 Å². The minimum Gasteiger partial charge on any atom is -0.457 e. The molecule has 0 aromatic heterocycles. The zero-order valence-electron chi connectivity index (χ0n) is 41.0. The molecule has 0 radical (unpaired) electrons. The van der Waals surface area contributed by atoms with Gasteiger partial charge in [-0.1, -0.05) is 76.2 Å². The molecule has 6 amide bonds. The van der Waals surface area contributed by atoms with E-state index >= 15 is 0 Å². The van der Waals surface area contributed by atoms with Gasteiger partial charge in [0, 0.05) is 23.0 Å². The molecule has 0 unspecified atom stereocenters. The summed E-state index contributed by atoms with van der Waals surface area (Å²) in [5, 5.41) is 2.29. The first-order valence-electron chi connectivity index (χ1n) is 24.0. The molecule has 8 aromatic carbocycles. The van der Waals surface area contributed by atoms with Crippen LogP contribution in [0.1, 0.15) is 91.4 Å². The van der Waals surface area contributed by atoms with E-state index in [4.69, 9.17) is 18.9 Å². The van der Waals surface area contributed by atoms with Gasteiger partial charge in [0.2, 0.25) is 0 Å². The first-order chi connectivity index (χ1) is 36.1. The van der Waals surface area contributed by atoms with Crippen molar-refractivity contribution < 1.29 is 47.7 Å². The Morgan fingerprint density at radius 3 is 1.01 bits per heavy atom. The fraction of sp³-hybridized carbons (Fsp3) is 0.0968. The monoisotopic (exact) mass is 991 g/mol. The number of anilines is 2. The fourth-order valence-corrected chi connectivity index (χ4v) is 9.35. The van der Waals surface area contributed by atoms with Gasteiger partial charge in [-0.05, 0) is 156 Å². The smallest absolute Gasteiger partial charge is 0.266 e. The van der Waals surface area contributed by atoms with Crippen molar-refractivity contribution in [2.24, 2.45) is 0 Å². The molecular formula is C62H45N3O10. The summed E-state index contributed by atoms with van der Waals surface area (Å²) in [6.07, 6.45) is 2.50. The van der Waals surface area contributed by atoms with Gasteiger partial charge in [0.15, 0.2) is 0 Å². The molecule has 0 spiro atoms. The van der Waals surface area contributed by atoms with E-state index in [1.54, 1.807) is 84.9 Å². The second-order valence-electron chi connectivity index (χ2n) is 19.2. The number of fused-ring (bicyclic) bond motifs is 2. The first-order valence-corrected chi connectivity index (χ1v) is 24.0. The molecule has 0 saturated carbocycles. The van der Waals surface area contributed by atoms with Gasteiger partial charge in [-0.3, -0.25) is 34.1 Å². The van der Waals surface area contributed by atoms with Crippen LogP contribution in [0.2, 0.25) is 0 Å². The summed E-state index contributed by atoms with van der Waals surface area (Å²) in [5.74, 6) is 1.84. The molecule has 0 fully saturated rings. The minimum atomic E-state index is -0.459. The number of nitrogens with zero attached hydrogens (tertiary/aromatic N) is 2. The first kappa shape index (κ1) is 47.4. The third kappa shape index (κ3) is 9.08. The van der Waals surface area contributed by atoms with Crippen molar-refractivity contribution in [2.75, 3.05) is 9.80 Å². The van der Waals surface area contributed by atoms with Crippen molar-refractivity contribution >= 4 is 46.8 Å². The Kier molecular flexibility index (Phi) is 11.8. The molecule has 0 atom stereocenters. The van der Waals surface area contributed by atoms with E-state index in [0.717, 1.165) is 32.1 Å². The Hall–Kier alpha value is -9.88. The zero-order valence-corrected chi connectivity index (χ0v) is 41.0. The highest BCUT2D eigenvalue weighted by Gasteiger charge is 2.37. The van der Waals surface area contributed by atoms with Crippen LogP contribution in [0.15, 0.2) is 194 Å². The third-order valence-corrected chi connectivity index (χ3v) is 13.8. The van der Waals surface area contributed by atoms with E-state index in [0.29, 0.717) is 62.9 Å². The zero-order chi connectivity index (χ0) is 52.2. The normalized spacial score (nSPS) is 14.0. The highest BCUT2D eigenvalue weighted by molar-refractivity contribution is 6.34. The Balaban J connectivity index is 0.685. The lowest BCUT2D eigenvalue weighted by atomic mass is 9.78. The van der Waals surface area contributed by atoms with E-state index in [1.807, 2.05) is 97.1 Å². The van der Waals surface area contributed by atoms with Gasteiger partial charge in [0.1, 0.15) is 46.0 Å². The Morgan fingerprint density at radius 2 is 0.613 bits per heavy atom. The van der Waals surface area contributed by atoms with Gasteiger partial charge >= 0.3 is 0 Å². The summed E-state index contributed by atoms with van der Waals surface area (Å²) in [6.45, 7) is 8.49. The molecule has 0 aliphatic carbocycles. The molecule has 3 aliphatic heterocycles. The van der Waals surface area contributed by atoms with Crippen LogP contribution in [0.3, 0.4) is 0 Å². The predicted octanol–water partition coefficient (Wildman–Crippen LogP) is 12.6. The third-order valence-electron chi connectivity index (χ3n) is 13.8. The number of benzene rings is 8. The van der Waals surface area contributed by atoms with Crippen LogP contribution in [0.25, 0.3) is 0 Å². The summed E-state index contributed by atoms with van der Waals surface area (Å²) in [6, 6.07) is 54.3. The molecule has 11 rings (SSSR count). The Morgan fingerprint density at radius 1 is 0.320 bits per heavy atom. The quantitative estimate of drug-likeness (QED) is 0.104. The number of ether oxygens (including phenoxy) is 4. The van der Waals surface area contributed by atoms with Crippen molar-refractivity contribution in [2.45, 2.75) is 38.5 Å². The molecule has 1 N–H and O–H groups in total. The van der Waals surface area contributed by atoms with Gasteiger partial charge in [-0.2, -0.15) is 0 Å². The average molecular weight is 992 g/mol. The summed E-state index contributed by atoms with van der Waals surface area (Å²) in [7, 11) is 0. The van der Waals surface area contributed by atoms with Crippen LogP contribution in [-0.2, 0) is 20.4 Å². The summed E-state index contributed by atoms with van der Waals surface area (Å²) >= 11 is 0. The van der Waals surface area contributed by atoms with Gasteiger partial charge in [0.05, 0.1) is 33.6 Å². The number of imide groups is 3. The SMILES string of the molecule is CC(C)(c1ccc(Oc2ccc(N3C(=O)C=CC3=O)cc2)cc1)c1ccc(Oc2ccc(N3C(=O)c4ccc(Oc5ccc(C(C)(C)c6ccc(Oc7ccc8c(c7)C(=O)NC8=O)cc6)cc5)cc4C3=O)cc2)cc1. The standard InChI is InChI=1S/C62H45N3O10/c1-61(2,37-5-17-43(18-6-37)72-47-25-13-41(14-26-47)64-55(66)33-34-56(64)67)38-7-19-44(20-8-38)73-48-27-15-42(16-28-48)65-59(70)52-32-30-50(36-54(52)60(65)71)75-46-23-11-40(12-24-46)62(3,4)39-9-21-45(22-10-39)74-49-29-31-51-53(35-49)58(69)63-57(51)68/h5-36H,1-4H3,(H,63,68,69). The van der Waals surface area contributed by atoms with Crippen molar-refractivity contribution in [1.82, 2.24) is 5.32 Å². The molecule has 3 heterocycles. The highest BCUT2D eigenvalue weighted by Crippen LogP contribution is 2.39. The van der Waals surface area contributed by atoms with Gasteiger partial charge in [0.25, 0.3) is 35.4 Å². The van der Waals surface area contributed by atoms with Gasteiger partial charge < -0.3 is 18.9 Å². The lowest BCUT2D eigenvalue weighted by Gasteiger charge is -2.26. The molecule has 75 heavy (non-hydrogen) atoms. The lowest BCUT2D eigenvalue weighted by molar-refractivity contribution is -0.120.